The Hall–Kier alpha value is -2.69. The largest absolute Gasteiger partial charge is 0.477 e. The van der Waals surface area contributed by atoms with Crippen LogP contribution in [-0.2, 0) is 10.0 Å². The van der Waals surface area contributed by atoms with E-state index in [0.29, 0.717) is 46.8 Å². The summed E-state index contributed by atoms with van der Waals surface area (Å²) in [6, 6.07) is 6.53. The number of amides is 1. The summed E-state index contributed by atoms with van der Waals surface area (Å²) in [6.07, 6.45) is 5.92. The molecule has 1 aliphatic rings. The molecule has 3 aromatic rings. The minimum atomic E-state index is -3.67. The Kier molecular flexibility index (Phi) is 6.63. The first-order chi connectivity index (χ1) is 15.4. The highest BCUT2D eigenvalue weighted by Gasteiger charge is 2.20. The van der Waals surface area contributed by atoms with Gasteiger partial charge in [0.1, 0.15) is 0 Å². The van der Waals surface area contributed by atoms with Crippen LogP contribution >= 0.6 is 0 Å². The molecule has 0 unspecified atom stereocenters. The zero-order valence-corrected chi connectivity index (χ0v) is 18.9. The maximum atomic E-state index is 12.7. The van der Waals surface area contributed by atoms with Gasteiger partial charge in [0.05, 0.1) is 17.0 Å². The fourth-order valence-corrected chi connectivity index (χ4v) is 5.28. The van der Waals surface area contributed by atoms with Gasteiger partial charge in [-0.2, -0.15) is 0 Å². The van der Waals surface area contributed by atoms with Gasteiger partial charge in [-0.1, -0.05) is 19.3 Å². The number of benzene rings is 1. The third kappa shape index (κ3) is 4.72. The number of hydrogen-bond donors (Lipinski definition) is 4. The molecule has 10 heteroatoms. The van der Waals surface area contributed by atoms with Crippen LogP contribution in [0.5, 0.6) is 5.88 Å². The second-order valence-corrected chi connectivity index (χ2v) is 10.0. The molecule has 1 saturated carbocycles. The Morgan fingerprint density at radius 1 is 1.19 bits per heavy atom. The highest BCUT2D eigenvalue weighted by molar-refractivity contribution is 7.89. The van der Waals surface area contributed by atoms with Gasteiger partial charge in [-0.25, -0.2) is 18.1 Å². The van der Waals surface area contributed by atoms with Gasteiger partial charge in [0, 0.05) is 35.4 Å². The third-order valence-electron chi connectivity index (χ3n) is 5.94. The molecule has 1 fully saturated rings. The summed E-state index contributed by atoms with van der Waals surface area (Å²) < 4.78 is 33.9. The number of hydrogen-bond acceptors (Lipinski definition) is 6. The number of fused-ring (bicyclic) bond motifs is 3. The van der Waals surface area contributed by atoms with Gasteiger partial charge in [-0.15, -0.1) is 0 Å². The zero-order chi connectivity index (χ0) is 22.7. The Morgan fingerprint density at radius 2 is 1.97 bits per heavy atom. The van der Waals surface area contributed by atoms with Crippen molar-refractivity contribution < 1.29 is 17.9 Å². The summed E-state index contributed by atoms with van der Waals surface area (Å²) in [5.74, 6) is 0.117. The maximum Gasteiger partial charge on any atom is 0.269 e. The average molecular weight is 460 g/mol. The number of carbonyl (C=O) groups excluding carboxylic acids is 1. The van der Waals surface area contributed by atoms with Gasteiger partial charge >= 0.3 is 0 Å². The molecular formula is C22H29N5O4S. The number of sulfonamides is 1. The first-order valence-electron chi connectivity index (χ1n) is 10.9. The van der Waals surface area contributed by atoms with Crippen LogP contribution in [0.15, 0.2) is 29.2 Å². The molecule has 172 valence electrons. The minimum Gasteiger partial charge on any atom is -0.477 e. The van der Waals surface area contributed by atoms with Crippen molar-refractivity contribution in [1.82, 2.24) is 20.0 Å². The van der Waals surface area contributed by atoms with Crippen molar-refractivity contribution in [3.8, 4) is 5.88 Å². The molecule has 0 spiro atoms. The van der Waals surface area contributed by atoms with Crippen molar-refractivity contribution in [2.75, 3.05) is 26.7 Å². The molecule has 9 nitrogen and oxygen atoms in total. The number of pyridine rings is 1. The van der Waals surface area contributed by atoms with E-state index in [0.717, 1.165) is 12.8 Å². The molecule has 0 aliphatic heterocycles. The van der Waals surface area contributed by atoms with Crippen molar-refractivity contribution in [2.24, 2.45) is 11.7 Å². The molecule has 1 aromatic carbocycles. The molecule has 0 atom stereocenters. The lowest BCUT2D eigenvalue weighted by atomic mass is 9.90. The predicted octanol–water partition coefficient (Wildman–Crippen LogP) is 2.27. The number of ether oxygens (including phenoxy) is 1. The summed E-state index contributed by atoms with van der Waals surface area (Å²) in [5.41, 5.74) is 6.82. The normalized spacial score (nSPS) is 15.4. The van der Waals surface area contributed by atoms with E-state index in [1.54, 1.807) is 25.2 Å². The lowest BCUT2D eigenvalue weighted by molar-refractivity contribution is 0.0995. The average Bonchev–Trinajstić information content (AvgIpc) is 3.15. The Balaban J connectivity index is 1.72. The highest BCUT2D eigenvalue weighted by Crippen LogP contribution is 2.32. The molecule has 0 bridgehead atoms. The number of nitrogens with zero attached hydrogens (tertiary/aromatic N) is 1. The fourth-order valence-electron chi connectivity index (χ4n) is 4.22. The lowest BCUT2D eigenvalue weighted by Crippen LogP contribution is -2.30. The van der Waals surface area contributed by atoms with Crippen molar-refractivity contribution in [1.29, 1.82) is 0 Å². The molecule has 2 heterocycles. The van der Waals surface area contributed by atoms with Crippen LogP contribution < -0.4 is 20.5 Å². The Morgan fingerprint density at radius 3 is 2.69 bits per heavy atom. The highest BCUT2D eigenvalue weighted by atomic mass is 32.2. The zero-order valence-electron chi connectivity index (χ0n) is 18.1. The van der Waals surface area contributed by atoms with Crippen molar-refractivity contribution >= 4 is 37.7 Å². The number of aromatic nitrogens is 2. The van der Waals surface area contributed by atoms with Crippen molar-refractivity contribution in [2.45, 2.75) is 37.0 Å². The fraction of sp³-hybridized carbons (Fsp3) is 0.455. The van der Waals surface area contributed by atoms with Crippen LogP contribution in [0.25, 0.3) is 21.8 Å². The quantitative estimate of drug-likeness (QED) is 0.362. The monoisotopic (exact) mass is 459 g/mol. The van der Waals surface area contributed by atoms with Crippen LogP contribution in [-0.4, -0.2) is 51.0 Å². The summed E-state index contributed by atoms with van der Waals surface area (Å²) in [5, 5.41) is 4.21. The summed E-state index contributed by atoms with van der Waals surface area (Å²) in [4.78, 5) is 19.7. The number of nitrogens with two attached hydrogens (primary N) is 1. The van der Waals surface area contributed by atoms with Gasteiger partial charge in [-0.05, 0) is 44.0 Å². The second kappa shape index (κ2) is 9.43. The Labute approximate surface area is 187 Å². The van der Waals surface area contributed by atoms with Crippen LogP contribution in [0.4, 0.5) is 0 Å². The number of likely N-dealkylation sites (N-methyl/N-ethyl adjacent to an activating group) is 1. The van der Waals surface area contributed by atoms with Gasteiger partial charge < -0.3 is 20.8 Å². The maximum absolute atomic E-state index is 12.7. The Bertz CT molecular complexity index is 1230. The van der Waals surface area contributed by atoms with Crippen molar-refractivity contribution in [3.05, 3.63) is 30.0 Å². The predicted molar refractivity (Wildman–Crippen MR) is 123 cm³/mol. The summed E-state index contributed by atoms with van der Waals surface area (Å²) in [7, 11) is -1.92. The SMILES string of the molecule is CNCCNS(=O)(=O)c1ccc2[nH]c3c(C(N)=O)nc(OCC4CCCCC4)cc3c2c1. The second-order valence-electron chi connectivity index (χ2n) is 8.24. The third-order valence-corrected chi connectivity index (χ3v) is 7.40. The van der Waals surface area contributed by atoms with E-state index >= 15 is 0 Å². The molecule has 0 saturated heterocycles. The minimum absolute atomic E-state index is 0.0777. The molecule has 2 aromatic heterocycles. The first-order valence-corrected chi connectivity index (χ1v) is 12.4. The number of rotatable bonds is 9. The van der Waals surface area contributed by atoms with Gasteiger partial charge in [-0.3, -0.25) is 4.79 Å². The van der Waals surface area contributed by atoms with E-state index in [-0.39, 0.29) is 17.1 Å². The molecule has 0 radical (unpaired) electrons. The van der Waals surface area contributed by atoms with Crippen LogP contribution in [0, 0.1) is 5.92 Å². The van der Waals surface area contributed by atoms with Crippen LogP contribution in [0.3, 0.4) is 0 Å². The molecular weight excluding hydrogens is 430 g/mol. The van der Waals surface area contributed by atoms with E-state index in [1.807, 2.05) is 0 Å². The topological polar surface area (TPSA) is 139 Å². The van der Waals surface area contributed by atoms with Gasteiger partial charge in [0.15, 0.2) is 5.69 Å². The standard InChI is InChI=1S/C22H29N5O4S/c1-24-9-10-25-32(29,30)15-7-8-18-16(11-15)17-12-19(27-21(22(23)28)20(17)26-18)31-13-14-5-3-2-4-6-14/h7-8,11-12,14,24-26H,2-6,9-10,13H2,1H3,(H2,23,28). The molecule has 5 N–H and O–H groups in total. The number of primary amides is 1. The summed E-state index contributed by atoms with van der Waals surface area (Å²) in [6.45, 7) is 1.33. The van der Waals surface area contributed by atoms with E-state index in [4.69, 9.17) is 10.5 Å². The number of aromatic amines is 1. The molecule has 4 rings (SSSR count). The van der Waals surface area contributed by atoms with Crippen molar-refractivity contribution in [3.63, 3.8) is 0 Å². The van der Waals surface area contributed by atoms with E-state index in [2.05, 4.69) is 20.0 Å². The van der Waals surface area contributed by atoms with E-state index < -0.39 is 15.9 Å². The van der Waals surface area contributed by atoms with Crippen LogP contribution in [0.1, 0.15) is 42.6 Å². The number of H-pyrrole nitrogens is 1. The lowest BCUT2D eigenvalue weighted by Gasteiger charge is -2.21. The number of carbonyl (C=O) groups is 1. The van der Waals surface area contributed by atoms with E-state index in [9.17, 15) is 13.2 Å². The smallest absolute Gasteiger partial charge is 0.269 e. The van der Waals surface area contributed by atoms with Gasteiger partial charge in [0.2, 0.25) is 15.9 Å². The van der Waals surface area contributed by atoms with Gasteiger partial charge in [0.25, 0.3) is 5.91 Å². The summed E-state index contributed by atoms with van der Waals surface area (Å²) >= 11 is 0. The molecule has 1 amide bonds. The molecule has 1 aliphatic carbocycles. The van der Waals surface area contributed by atoms with E-state index in [1.165, 1.54) is 25.3 Å². The van der Waals surface area contributed by atoms with Crippen LogP contribution in [0.2, 0.25) is 0 Å². The number of nitrogens with one attached hydrogen (secondary N) is 3. The molecule has 32 heavy (non-hydrogen) atoms. The first kappa shape index (κ1) is 22.5.